The van der Waals surface area contributed by atoms with Crippen molar-refractivity contribution in [2.75, 3.05) is 7.05 Å². The Morgan fingerprint density at radius 1 is 1.26 bits per heavy atom. The summed E-state index contributed by atoms with van der Waals surface area (Å²) in [6.45, 7) is 1.87. The van der Waals surface area contributed by atoms with E-state index in [0.717, 1.165) is 43.5 Å². The van der Waals surface area contributed by atoms with Gasteiger partial charge in [0.2, 0.25) is 5.91 Å². The molecule has 1 saturated carbocycles. The van der Waals surface area contributed by atoms with E-state index in [1.54, 1.807) is 11.9 Å². The molecule has 0 N–H and O–H groups in total. The SMILES string of the molecule is C[C@@H](Sc1nnc(-c2ccccc2)n1C)C(=O)N(C)C1(C#N)CCCCC1. The summed E-state index contributed by atoms with van der Waals surface area (Å²) < 4.78 is 1.91. The van der Waals surface area contributed by atoms with Crippen molar-refractivity contribution < 1.29 is 4.79 Å². The lowest BCUT2D eigenvalue weighted by Crippen LogP contribution is -2.52. The molecule has 142 valence electrons. The maximum absolute atomic E-state index is 13.0. The second-order valence-corrected chi connectivity index (χ2v) is 8.40. The number of amides is 1. The topological polar surface area (TPSA) is 74.8 Å². The van der Waals surface area contributed by atoms with Crippen molar-refractivity contribution in [2.45, 2.75) is 55.0 Å². The molecule has 1 aliphatic carbocycles. The van der Waals surface area contributed by atoms with Gasteiger partial charge in [0.15, 0.2) is 11.0 Å². The Bertz CT molecular complexity index is 836. The molecule has 2 aromatic rings. The summed E-state index contributed by atoms with van der Waals surface area (Å²) in [5.41, 5.74) is 0.320. The van der Waals surface area contributed by atoms with E-state index in [0.29, 0.717) is 5.16 Å². The molecule has 0 radical (unpaired) electrons. The van der Waals surface area contributed by atoms with Crippen LogP contribution in [0.3, 0.4) is 0 Å². The van der Waals surface area contributed by atoms with Crippen LogP contribution in [0, 0.1) is 11.3 Å². The number of benzene rings is 1. The minimum absolute atomic E-state index is 0.0345. The van der Waals surface area contributed by atoms with Crippen LogP contribution in [0.15, 0.2) is 35.5 Å². The second-order valence-electron chi connectivity index (χ2n) is 7.09. The third kappa shape index (κ3) is 3.86. The molecule has 1 atom stereocenters. The van der Waals surface area contributed by atoms with Gasteiger partial charge >= 0.3 is 0 Å². The highest BCUT2D eigenvalue weighted by atomic mass is 32.2. The summed E-state index contributed by atoms with van der Waals surface area (Å²) in [6, 6.07) is 12.3. The van der Waals surface area contributed by atoms with Crippen molar-refractivity contribution in [3.8, 4) is 17.5 Å². The summed E-state index contributed by atoms with van der Waals surface area (Å²) >= 11 is 1.38. The van der Waals surface area contributed by atoms with Gasteiger partial charge in [-0.05, 0) is 19.8 Å². The van der Waals surface area contributed by atoms with Crippen molar-refractivity contribution in [2.24, 2.45) is 7.05 Å². The monoisotopic (exact) mass is 383 g/mol. The highest BCUT2D eigenvalue weighted by molar-refractivity contribution is 8.00. The van der Waals surface area contributed by atoms with E-state index in [9.17, 15) is 10.1 Å². The molecule has 0 saturated heterocycles. The lowest BCUT2D eigenvalue weighted by molar-refractivity contribution is -0.133. The standard InChI is InChI=1S/C20H25N5OS/c1-15(18(26)25(3)20(14-21)12-8-5-9-13-20)27-19-23-22-17(24(19)2)16-10-6-4-7-11-16/h4,6-7,10-11,15H,5,8-9,12-13H2,1-3H3/t15-/m1/s1. The Labute approximate surface area is 164 Å². The van der Waals surface area contributed by atoms with E-state index >= 15 is 0 Å². The Morgan fingerprint density at radius 3 is 2.56 bits per heavy atom. The Morgan fingerprint density at radius 2 is 1.93 bits per heavy atom. The van der Waals surface area contributed by atoms with Gasteiger partial charge in [-0.2, -0.15) is 5.26 Å². The van der Waals surface area contributed by atoms with Crippen LogP contribution in [-0.2, 0) is 11.8 Å². The minimum atomic E-state index is -0.667. The van der Waals surface area contributed by atoms with Gasteiger partial charge in [0.05, 0.1) is 11.3 Å². The van der Waals surface area contributed by atoms with E-state index in [4.69, 9.17) is 0 Å². The molecule has 1 heterocycles. The highest BCUT2D eigenvalue weighted by Gasteiger charge is 2.40. The van der Waals surface area contributed by atoms with Gasteiger partial charge in [0.1, 0.15) is 5.54 Å². The Balaban J connectivity index is 1.74. The van der Waals surface area contributed by atoms with E-state index in [1.807, 2.05) is 48.9 Å². The van der Waals surface area contributed by atoms with Crippen LogP contribution in [-0.4, -0.2) is 43.4 Å². The van der Waals surface area contributed by atoms with E-state index in [-0.39, 0.29) is 11.2 Å². The summed E-state index contributed by atoms with van der Waals surface area (Å²) in [4.78, 5) is 14.7. The van der Waals surface area contributed by atoms with E-state index < -0.39 is 5.54 Å². The predicted molar refractivity (Wildman–Crippen MR) is 106 cm³/mol. The number of thioether (sulfide) groups is 1. The second kappa shape index (κ2) is 8.13. The number of carbonyl (C=O) groups excluding carboxylic acids is 1. The van der Waals surface area contributed by atoms with Crippen LogP contribution >= 0.6 is 11.8 Å². The summed E-state index contributed by atoms with van der Waals surface area (Å²) in [7, 11) is 3.67. The molecular formula is C20H25N5OS. The average molecular weight is 384 g/mol. The molecule has 0 bridgehead atoms. The first-order valence-electron chi connectivity index (χ1n) is 9.29. The molecule has 0 unspecified atom stereocenters. The van der Waals surface area contributed by atoms with E-state index in [1.165, 1.54) is 11.8 Å². The molecule has 0 aliphatic heterocycles. The number of carbonyl (C=O) groups is 1. The summed E-state index contributed by atoms with van der Waals surface area (Å²) in [6.07, 6.45) is 4.64. The van der Waals surface area contributed by atoms with Crippen LogP contribution in [0.5, 0.6) is 0 Å². The van der Waals surface area contributed by atoms with Crippen LogP contribution in [0.25, 0.3) is 11.4 Å². The van der Waals surface area contributed by atoms with Gasteiger partial charge in [-0.25, -0.2) is 0 Å². The fourth-order valence-electron chi connectivity index (χ4n) is 3.61. The van der Waals surface area contributed by atoms with Crippen molar-refractivity contribution in [3.05, 3.63) is 30.3 Å². The predicted octanol–water partition coefficient (Wildman–Crippen LogP) is 3.65. The van der Waals surface area contributed by atoms with Crippen molar-refractivity contribution in [1.29, 1.82) is 5.26 Å². The zero-order valence-electron chi connectivity index (χ0n) is 16.1. The Kier molecular flexibility index (Phi) is 5.85. The van der Waals surface area contributed by atoms with Gasteiger partial charge in [-0.3, -0.25) is 4.79 Å². The third-order valence-corrected chi connectivity index (χ3v) is 6.48. The zero-order chi connectivity index (χ0) is 19.4. The van der Waals surface area contributed by atoms with Gasteiger partial charge in [-0.15, -0.1) is 10.2 Å². The first-order chi connectivity index (χ1) is 13.0. The number of nitriles is 1. The third-order valence-electron chi connectivity index (χ3n) is 5.36. The van der Waals surface area contributed by atoms with Crippen LogP contribution in [0.4, 0.5) is 0 Å². The van der Waals surface area contributed by atoms with Crippen molar-refractivity contribution in [1.82, 2.24) is 19.7 Å². The minimum Gasteiger partial charge on any atom is -0.326 e. The molecule has 1 aromatic carbocycles. The molecule has 1 fully saturated rings. The highest BCUT2D eigenvalue weighted by Crippen LogP contribution is 2.34. The maximum atomic E-state index is 13.0. The van der Waals surface area contributed by atoms with Gasteiger partial charge in [0.25, 0.3) is 0 Å². The number of nitrogens with zero attached hydrogens (tertiary/aromatic N) is 5. The maximum Gasteiger partial charge on any atom is 0.236 e. The van der Waals surface area contributed by atoms with Crippen molar-refractivity contribution >= 4 is 17.7 Å². The number of hydrogen-bond acceptors (Lipinski definition) is 5. The van der Waals surface area contributed by atoms with Gasteiger partial charge in [0, 0.05) is 19.7 Å². The molecule has 1 amide bonds. The molecular weight excluding hydrogens is 358 g/mol. The molecule has 27 heavy (non-hydrogen) atoms. The number of aromatic nitrogens is 3. The number of rotatable bonds is 5. The summed E-state index contributed by atoms with van der Waals surface area (Å²) in [5.74, 6) is 0.736. The molecule has 1 aromatic heterocycles. The Hall–Kier alpha value is -2.33. The lowest BCUT2D eigenvalue weighted by atomic mass is 9.81. The van der Waals surface area contributed by atoms with Crippen molar-refractivity contribution in [3.63, 3.8) is 0 Å². The van der Waals surface area contributed by atoms with Gasteiger partial charge < -0.3 is 9.47 Å². The van der Waals surface area contributed by atoms with Crippen LogP contribution in [0.2, 0.25) is 0 Å². The largest absolute Gasteiger partial charge is 0.326 e. The van der Waals surface area contributed by atoms with Crippen LogP contribution < -0.4 is 0 Å². The zero-order valence-corrected chi connectivity index (χ0v) is 16.9. The summed E-state index contributed by atoms with van der Waals surface area (Å²) in [5, 5.41) is 18.6. The fraction of sp³-hybridized carbons (Fsp3) is 0.500. The smallest absolute Gasteiger partial charge is 0.236 e. The van der Waals surface area contributed by atoms with Crippen LogP contribution in [0.1, 0.15) is 39.0 Å². The first kappa shape index (κ1) is 19.4. The molecule has 6 nitrogen and oxygen atoms in total. The average Bonchev–Trinajstić information content (AvgIpc) is 3.08. The number of hydrogen-bond donors (Lipinski definition) is 0. The molecule has 0 spiro atoms. The van der Waals surface area contributed by atoms with E-state index in [2.05, 4.69) is 16.3 Å². The quantitative estimate of drug-likeness (QED) is 0.737. The fourth-order valence-corrected chi connectivity index (χ4v) is 4.51. The lowest BCUT2D eigenvalue weighted by Gasteiger charge is -2.40. The first-order valence-corrected chi connectivity index (χ1v) is 10.2. The molecule has 7 heteroatoms. The van der Waals surface area contributed by atoms with Gasteiger partial charge in [-0.1, -0.05) is 61.4 Å². The molecule has 3 rings (SSSR count). The normalized spacial score (nSPS) is 17.1. The molecule has 1 aliphatic rings.